The van der Waals surface area contributed by atoms with E-state index in [4.69, 9.17) is 4.74 Å². The molecule has 1 amide bonds. The van der Waals surface area contributed by atoms with E-state index in [9.17, 15) is 15.3 Å². The second-order valence-electron chi connectivity index (χ2n) is 7.99. The Morgan fingerprint density at radius 3 is 1.88 bits per heavy atom. The molecule has 0 bridgehead atoms. The quantitative estimate of drug-likeness (QED) is 0.382. The fraction of sp³-hybridized carbons (Fsp3) is 0.107. The van der Waals surface area contributed by atoms with Gasteiger partial charge in [-0.2, -0.15) is 10.5 Å². The first kappa shape index (κ1) is 21.6. The van der Waals surface area contributed by atoms with Crippen LogP contribution in [0.15, 0.2) is 91.0 Å². The molecule has 0 fully saturated rings. The lowest BCUT2D eigenvalue weighted by molar-refractivity contribution is -0.130. The molecule has 4 aromatic carbocycles. The monoisotopic (exact) mass is 431 g/mol. The summed E-state index contributed by atoms with van der Waals surface area (Å²) in [4.78, 5) is 15.4. The molecule has 0 aliphatic heterocycles. The van der Waals surface area contributed by atoms with Gasteiger partial charge in [-0.25, -0.2) is 0 Å². The fourth-order valence-electron chi connectivity index (χ4n) is 3.75. The van der Waals surface area contributed by atoms with Gasteiger partial charge in [-0.15, -0.1) is 0 Å². The van der Waals surface area contributed by atoms with Crippen LogP contribution in [-0.2, 0) is 4.79 Å². The van der Waals surface area contributed by atoms with Gasteiger partial charge in [-0.1, -0.05) is 60.7 Å². The summed E-state index contributed by atoms with van der Waals surface area (Å²) >= 11 is 0. The standard InChI is InChI=1S/C28H21N3O2/c1-28(2,33-26-17-9-13-20-10-3-6-14-23(20)26)27(32)31(24-15-7-4-11-21(24)18-29)25-16-8-5-12-22(25)19-30/h3-17H,1-2H3. The highest BCUT2D eigenvalue weighted by Crippen LogP contribution is 2.35. The van der Waals surface area contributed by atoms with E-state index < -0.39 is 11.5 Å². The molecule has 0 aliphatic rings. The van der Waals surface area contributed by atoms with Crippen molar-refractivity contribution >= 4 is 28.1 Å². The smallest absolute Gasteiger partial charge is 0.275 e. The lowest BCUT2D eigenvalue weighted by atomic mass is 10.0. The summed E-state index contributed by atoms with van der Waals surface area (Å²) in [7, 11) is 0. The highest BCUT2D eigenvalue weighted by Gasteiger charge is 2.38. The maximum atomic E-state index is 14.0. The molecular formula is C28H21N3O2. The molecule has 0 heterocycles. The Labute approximate surface area is 192 Å². The van der Waals surface area contributed by atoms with Crippen LogP contribution in [0.1, 0.15) is 25.0 Å². The normalized spacial score (nSPS) is 10.8. The lowest BCUT2D eigenvalue weighted by Crippen LogP contribution is -2.47. The number of nitrogens with zero attached hydrogens (tertiary/aromatic N) is 3. The average molecular weight is 431 g/mol. The summed E-state index contributed by atoms with van der Waals surface area (Å²) in [5.41, 5.74) is 0.110. The Hall–Kier alpha value is -4.61. The first-order valence-electron chi connectivity index (χ1n) is 10.5. The Balaban J connectivity index is 1.84. The molecule has 4 aromatic rings. The van der Waals surface area contributed by atoms with E-state index in [0.29, 0.717) is 28.3 Å². The predicted octanol–water partition coefficient (Wildman–Crippen LogP) is 6.11. The van der Waals surface area contributed by atoms with Crippen molar-refractivity contribution in [2.24, 2.45) is 0 Å². The van der Waals surface area contributed by atoms with E-state index in [0.717, 1.165) is 10.8 Å². The minimum absolute atomic E-state index is 0.319. The highest BCUT2D eigenvalue weighted by molar-refractivity contribution is 6.07. The third-order valence-corrected chi connectivity index (χ3v) is 5.36. The van der Waals surface area contributed by atoms with Crippen molar-refractivity contribution in [1.82, 2.24) is 0 Å². The highest BCUT2D eigenvalue weighted by atomic mass is 16.5. The molecule has 0 aliphatic carbocycles. The van der Waals surface area contributed by atoms with Crippen molar-refractivity contribution in [3.05, 3.63) is 102 Å². The molecule has 0 atom stereocenters. The van der Waals surface area contributed by atoms with Gasteiger partial charge in [0.15, 0.2) is 5.60 Å². The molecular weight excluding hydrogens is 410 g/mol. The number of fused-ring (bicyclic) bond motifs is 1. The van der Waals surface area contributed by atoms with Gasteiger partial charge in [0.25, 0.3) is 5.91 Å². The minimum atomic E-state index is -1.31. The van der Waals surface area contributed by atoms with Crippen molar-refractivity contribution in [2.75, 3.05) is 4.90 Å². The summed E-state index contributed by atoms with van der Waals surface area (Å²) in [5.74, 6) is 0.175. The molecule has 5 nitrogen and oxygen atoms in total. The Morgan fingerprint density at radius 1 is 0.758 bits per heavy atom. The van der Waals surface area contributed by atoms with Crippen LogP contribution in [0.25, 0.3) is 10.8 Å². The van der Waals surface area contributed by atoms with Gasteiger partial charge in [-0.3, -0.25) is 9.69 Å². The van der Waals surface area contributed by atoms with Gasteiger partial charge in [0, 0.05) is 5.39 Å². The first-order valence-corrected chi connectivity index (χ1v) is 10.5. The number of carbonyl (C=O) groups is 1. The van der Waals surface area contributed by atoms with Crippen LogP contribution in [0.2, 0.25) is 0 Å². The second-order valence-corrected chi connectivity index (χ2v) is 7.99. The van der Waals surface area contributed by atoms with Crippen LogP contribution in [0.5, 0.6) is 5.75 Å². The first-order chi connectivity index (χ1) is 16.0. The summed E-state index contributed by atoms with van der Waals surface area (Å²) in [6.45, 7) is 3.38. The number of ether oxygens (including phenoxy) is 1. The number of hydrogen-bond acceptors (Lipinski definition) is 4. The molecule has 4 rings (SSSR count). The van der Waals surface area contributed by atoms with Crippen LogP contribution >= 0.6 is 0 Å². The molecule has 33 heavy (non-hydrogen) atoms. The van der Waals surface area contributed by atoms with Crippen molar-refractivity contribution in [3.63, 3.8) is 0 Å². The molecule has 0 unspecified atom stereocenters. The van der Waals surface area contributed by atoms with Gasteiger partial charge >= 0.3 is 0 Å². The Bertz CT molecular complexity index is 1360. The molecule has 0 aromatic heterocycles. The topological polar surface area (TPSA) is 77.1 Å². The molecule has 0 saturated heterocycles. The van der Waals surface area contributed by atoms with E-state index in [-0.39, 0.29) is 0 Å². The zero-order valence-corrected chi connectivity index (χ0v) is 18.3. The second kappa shape index (κ2) is 8.86. The third kappa shape index (κ3) is 4.13. The van der Waals surface area contributed by atoms with E-state index in [1.54, 1.807) is 62.4 Å². The van der Waals surface area contributed by atoms with Gasteiger partial charge in [0.1, 0.15) is 17.9 Å². The number of rotatable bonds is 5. The van der Waals surface area contributed by atoms with Gasteiger partial charge in [0.05, 0.1) is 22.5 Å². The number of para-hydroxylation sites is 2. The number of carbonyl (C=O) groups excluding carboxylic acids is 1. The zero-order chi connectivity index (χ0) is 23.4. The number of amides is 1. The van der Waals surface area contributed by atoms with Crippen LogP contribution in [0.3, 0.4) is 0 Å². The number of benzene rings is 4. The van der Waals surface area contributed by atoms with Crippen LogP contribution in [0, 0.1) is 22.7 Å². The van der Waals surface area contributed by atoms with E-state index in [1.807, 2.05) is 42.5 Å². The summed E-state index contributed by atoms with van der Waals surface area (Å²) in [5, 5.41) is 21.3. The molecule has 5 heteroatoms. The van der Waals surface area contributed by atoms with E-state index in [2.05, 4.69) is 12.1 Å². The van der Waals surface area contributed by atoms with Gasteiger partial charge < -0.3 is 4.74 Å². The van der Waals surface area contributed by atoms with E-state index >= 15 is 0 Å². The molecule has 0 saturated carbocycles. The van der Waals surface area contributed by atoms with Crippen molar-refractivity contribution < 1.29 is 9.53 Å². The Kier molecular flexibility index (Phi) is 5.81. The molecule has 160 valence electrons. The fourth-order valence-corrected chi connectivity index (χ4v) is 3.75. The summed E-state index contributed by atoms with van der Waals surface area (Å²) in [6, 6.07) is 31.4. The molecule has 0 radical (unpaired) electrons. The summed E-state index contributed by atoms with van der Waals surface area (Å²) < 4.78 is 6.29. The predicted molar refractivity (Wildman–Crippen MR) is 128 cm³/mol. The minimum Gasteiger partial charge on any atom is -0.477 e. The van der Waals surface area contributed by atoms with Crippen LogP contribution in [-0.4, -0.2) is 11.5 Å². The Morgan fingerprint density at radius 2 is 1.27 bits per heavy atom. The largest absolute Gasteiger partial charge is 0.477 e. The number of nitriles is 2. The van der Waals surface area contributed by atoms with Crippen molar-refractivity contribution in [2.45, 2.75) is 19.4 Å². The van der Waals surface area contributed by atoms with Crippen LogP contribution in [0.4, 0.5) is 11.4 Å². The van der Waals surface area contributed by atoms with Crippen LogP contribution < -0.4 is 9.64 Å². The summed E-state index contributed by atoms with van der Waals surface area (Å²) in [6.07, 6.45) is 0. The third-order valence-electron chi connectivity index (χ3n) is 5.36. The SMILES string of the molecule is CC(C)(Oc1cccc2ccccc12)C(=O)N(c1ccccc1C#N)c1ccccc1C#N. The maximum Gasteiger partial charge on any atom is 0.275 e. The van der Waals surface area contributed by atoms with Crippen molar-refractivity contribution in [1.29, 1.82) is 10.5 Å². The molecule has 0 spiro atoms. The lowest BCUT2D eigenvalue weighted by Gasteiger charge is -2.33. The van der Waals surface area contributed by atoms with Crippen molar-refractivity contribution in [3.8, 4) is 17.9 Å². The maximum absolute atomic E-state index is 14.0. The number of hydrogen-bond donors (Lipinski definition) is 0. The zero-order valence-electron chi connectivity index (χ0n) is 18.3. The van der Waals surface area contributed by atoms with Gasteiger partial charge in [-0.05, 0) is 49.6 Å². The molecule has 0 N–H and O–H groups in total. The van der Waals surface area contributed by atoms with E-state index in [1.165, 1.54) is 4.90 Å². The average Bonchev–Trinajstić information content (AvgIpc) is 2.85. The number of anilines is 2. The van der Waals surface area contributed by atoms with Gasteiger partial charge in [0.2, 0.25) is 0 Å².